The van der Waals surface area contributed by atoms with Gasteiger partial charge in [0.2, 0.25) is 0 Å². The monoisotopic (exact) mass is 459 g/mol. The first-order chi connectivity index (χ1) is 16.5. The predicted octanol–water partition coefficient (Wildman–Crippen LogP) is 7.09. The molecule has 2 saturated heterocycles. The van der Waals surface area contributed by atoms with Gasteiger partial charge in [-0.1, -0.05) is 44.6 Å². The number of rotatable bonds is 7. The zero-order valence-electron chi connectivity index (χ0n) is 22.1. The Kier molecular flexibility index (Phi) is 9.63. The molecule has 0 bridgehead atoms. The number of nitrogens with one attached hydrogen (secondary N) is 2. The second kappa shape index (κ2) is 12.4. The van der Waals surface area contributed by atoms with Gasteiger partial charge in [0.25, 0.3) is 0 Å². The van der Waals surface area contributed by atoms with Crippen LogP contribution >= 0.6 is 0 Å². The van der Waals surface area contributed by atoms with Crippen molar-refractivity contribution in [2.75, 3.05) is 32.7 Å². The van der Waals surface area contributed by atoms with Gasteiger partial charge in [0.1, 0.15) is 0 Å². The molecule has 2 fully saturated rings. The smallest absolute Gasteiger partial charge is 0.0496 e. The van der Waals surface area contributed by atoms with E-state index in [0.29, 0.717) is 11.8 Å². The second-order valence-electron chi connectivity index (χ2n) is 10.6. The number of aromatic amines is 1. The molecule has 184 valence electrons. The minimum Gasteiger partial charge on any atom is -0.354 e. The molecule has 1 aromatic carbocycles. The van der Waals surface area contributed by atoms with Gasteiger partial charge in [-0.15, -0.1) is 12.8 Å². The lowest BCUT2D eigenvalue weighted by Gasteiger charge is -2.33. The van der Waals surface area contributed by atoms with Gasteiger partial charge in [0.05, 0.1) is 0 Å². The van der Waals surface area contributed by atoms with E-state index in [1.165, 1.54) is 90.9 Å². The van der Waals surface area contributed by atoms with Crippen LogP contribution in [0.25, 0.3) is 16.5 Å². The quantitative estimate of drug-likeness (QED) is 0.342. The van der Waals surface area contributed by atoms with Crippen LogP contribution in [-0.4, -0.2) is 42.6 Å². The second-order valence-corrected chi connectivity index (χ2v) is 10.6. The van der Waals surface area contributed by atoms with E-state index >= 15 is 0 Å². The molecule has 2 aliphatic rings. The molecular formula is C31H45N3. The van der Waals surface area contributed by atoms with E-state index in [1.807, 2.05) is 0 Å². The Morgan fingerprint density at radius 1 is 1.15 bits per heavy atom. The summed E-state index contributed by atoms with van der Waals surface area (Å²) < 4.78 is 0. The summed E-state index contributed by atoms with van der Waals surface area (Å²) in [4.78, 5) is 6.50. The van der Waals surface area contributed by atoms with Gasteiger partial charge in [-0.05, 0) is 112 Å². The number of terminal acetylenes is 1. The average molecular weight is 460 g/mol. The van der Waals surface area contributed by atoms with Crippen LogP contribution in [0.15, 0.2) is 35.9 Å². The summed E-state index contributed by atoms with van der Waals surface area (Å²) >= 11 is 0. The lowest BCUT2D eigenvalue weighted by Crippen LogP contribution is -2.37. The predicted molar refractivity (Wildman–Crippen MR) is 149 cm³/mol. The molecule has 2 aliphatic heterocycles. The third-order valence-electron chi connectivity index (χ3n) is 7.33. The molecule has 4 rings (SSSR count). The average Bonchev–Trinajstić information content (AvgIpc) is 3.47. The molecule has 0 radical (unpaired) electrons. The largest absolute Gasteiger partial charge is 0.354 e. The number of piperidine rings is 1. The normalized spacial score (nSPS) is 19.9. The highest BCUT2D eigenvalue weighted by atomic mass is 15.1. The third-order valence-corrected chi connectivity index (χ3v) is 7.33. The van der Waals surface area contributed by atoms with E-state index in [1.54, 1.807) is 0 Å². The molecule has 3 nitrogen and oxygen atoms in total. The van der Waals surface area contributed by atoms with Crippen molar-refractivity contribution in [2.24, 2.45) is 5.92 Å². The molecule has 1 atom stereocenters. The summed E-state index contributed by atoms with van der Waals surface area (Å²) in [5.41, 5.74) is 8.29. The number of hydrogen-bond acceptors (Lipinski definition) is 2. The minimum absolute atomic E-state index is 0.488. The van der Waals surface area contributed by atoms with Crippen molar-refractivity contribution in [1.29, 1.82) is 0 Å². The summed E-state index contributed by atoms with van der Waals surface area (Å²) in [6.45, 7) is 17.5. The molecule has 3 heteroatoms. The third kappa shape index (κ3) is 6.23. The summed E-state index contributed by atoms with van der Waals surface area (Å²) in [5.74, 6) is 2.04. The van der Waals surface area contributed by atoms with Gasteiger partial charge in [-0.25, -0.2) is 0 Å². The van der Waals surface area contributed by atoms with E-state index in [0.717, 1.165) is 12.3 Å². The standard InChI is InChI=1S/C29H43N3.C2H2/c1-6-7-25(16-20(2)3)29-28(21(4)5)26-17-24(8-9-27(26)31-29)23-11-14-32(15-12-23)19-22-10-13-30-18-22;1-2/h7-9,16-17,21-23,30-31H,6,10-15,18-19H2,1-5H3;1-2H/b25-7+;. The first-order valence-electron chi connectivity index (χ1n) is 13.2. The van der Waals surface area contributed by atoms with Crippen molar-refractivity contribution in [3.05, 3.63) is 52.7 Å². The van der Waals surface area contributed by atoms with Gasteiger partial charge in [-0.3, -0.25) is 0 Å². The first-order valence-corrected chi connectivity index (χ1v) is 13.2. The van der Waals surface area contributed by atoms with E-state index in [2.05, 4.69) is 93.0 Å². The Morgan fingerprint density at radius 3 is 2.47 bits per heavy atom. The lowest BCUT2D eigenvalue weighted by atomic mass is 9.87. The highest BCUT2D eigenvalue weighted by Crippen LogP contribution is 2.37. The zero-order chi connectivity index (χ0) is 24.7. The molecular weight excluding hydrogens is 414 g/mol. The highest BCUT2D eigenvalue weighted by Gasteiger charge is 2.25. The summed E-state index contributed by atoms with van der Waals surface area (Å²) in [7, 11) is 0. The van der Waals surface area contributed by atoms with E-state index in [-0.39, 0.29) is 0 Å². The molecule has 0 aliphatic carbocycles. The topological polar surface area (TPSA) is 31.1 Å². The molecule has 0 amide bonds. The SMILES string of the molecule is C#C.CC/C=C(\C=C(C)C)c1[nH]c2ccc(C3CCN(CC4CCNC4)CC3)cc2c1C(C)C. The van der Waals surface area contributed by atoms with Crippen LogP contribution in [0.1, 0.15) is 89.0 Å². The van der Waals surface area contributed by atoms with Crippen LogP contribution in [0, 0.1) is 18.8 Å². The number of fused-ring (bicyclic) bond motifs is 1. The Labute approximate surface area is 208 Å². The Bertz CT molecular complexity index is 1000. The number of hydrogen-bond donors (Lipinski definition) is 2. The molecule has 2 N–H and O–H groups in total. The van der Waals surface area contributed by atoms with Gasteiger partial charge in [-0.2, -0.15) is 0 Å². The lowest BCUT2D eigenvalue weighted by molar-refractivity contribution is 0.187. The Hall–Kier alpha value is -2.28. The number of benzene rings is 1. The Morgan fingerprint density at radius 2 is 1.88 bits per heavy atom. The van der Waals surface area contributed by atoms with Gasteiger partial charge >= 0.3 is 0 Å². The number of allylic oxidation sites excluding steroid dienone is 4. The van der Waals surface area contributed by atoms with Crippen LogP contribution in [0.2, 0.25) is 0 Å². The fraction of sp³-hybridized carbons (Fsp3) is 0.548. The number of likely N-dealkylation sites (tertiary alicyclic amines) is 1. The highest BCUT2D eigenvalue weighted by molar-refractivity contribution is 5.92. The van der Waals surface area contributed by atoms with Crippen molar-refractivity contribution in [3.8, 4) is 12.8 Å². The van der Waals surface area contributed by atoms with Gasteiger partial charge in [0.15, 0.2) is 0 Å². The molecule has 2 aromatic rings. The van der Waals surface area contributed by atoms with E-state index < -0.39 is 0 Å². The van der Waals surface area contributed by atoms with Crippen molar-refractivity contribution in [3.63, 3.8) is 0 Å². The fourth-order valence-corrected chi connectivity index (χ4v) is 5.76. The van der Waals surface area contributed by atoms with Crippen LogP contribution < -0.4 is 5.32 Å². The Balaban J connectivity index is 0.00000158. The molecule has 1 aromatic heterocycles. The number of aromatic nitrogens is 1. The number of H-pyrrole nitrogens is 1. The minimum atomic E-state index is 0.488. The van der Waals surface area contributed by atoms with E-state index in [4.69, 9.17) is 0 Å². The van der Waals surface area contributed by atoms with Crippen molar-refractivity contribution < 1.29 is 0 Å². The zero-order valence-corrected chi connectivity index (χ0v) is 22.1. The van der Waals surface area contributed by atoms with Crippen LogP contribution in [0.3, 0.4) is 0 Å². The molecule has 1 unspecified atom stereocenters. The molecule has 0 saturated carbocycles. The van der Waals surface area contributed by atoms with Crippen LogP contribution in [-0.2, 0) is 0 Å². The molecule has 0 spiro atoms. The fourth-order valence-electron chi connectivity index (χ4n) is 5.76. The van der Waals surface area contributed by atoms with Crippen LogP contribution in [0.5, 0.6) is 0 Å². The number of nitrogens with zero attached hydrogens (tertiary/aromatic N) is 1. The maximum absolute atomic E-state index is 4.00. The van der Waals surface area contributed by atoms with Gasteiger partial charge < -0.3 is 15.2 Å². The summed E-state index contributed by atoms with van der Waals surface area (Å²) in [6, 6.07) is 7.23. The van der Waals surface area contributed by atoms with Gasteiger partial charge in [0, 0.05) is 23.1 Å². The summed E-state index contributed by atoms with van der Waals surface area (Å²) in [5, 5.41) is 4.95. The first kappa shape index (κ1) is 26.3. The van der Waals surface area contributed by atoms with Crippen molar-refractivity contribution in [2.45, 2.75) is 72.1 Å². The van der Waals surface area contributed by atoms with Crippen molar-refractivity contribution >= 4 is 16.5 Å². The maximum Gasteiger partial charge on any atom is 0.0496 e. The van der Waals surface area contributed by atoms with E-state index in [9.17, 15) is 0 Å². The van der Waals surface area contributed by atoms with Crippen LogP contribution in [0.4, 0.5) is 0 Å². The maximum atomic E-state index is 4.00. The summed E-state index contributed by atoms with van der Waals surface area (Å²) in [6.07, 6.45) is 17.7. The van der Waals surface area contributed by atoms with Crippen molar-refractivity contribution in [1.82, 2.24) is 15.2 Å². The molecule has 3 heterocycles. The molecule has 34 heavy (non-hydrogen) atoms.